The zero-order valence-corrected chi connectivity index (χ0v) is 14.4. The van der Waals surface area contributed by atoms with E-state index in [2.05, 4.69) is 15.9 Å². The molecule has 0 atom stereocenters. The van der Waals surface area contributed by atoms with Crippen molar-refractivity contribution in [1.29, 1.82) is 0 Å². The van der Waals surface area contributed by atoms with E-state index < -0.39 is 34.4 Å². The van der Waals surface area contributed by atoms with Crippen LogP contribution in [0, 0.1) is 0 Å². The topological polar surface area (TPSA) is 143 Å². The van der Waals surface area contributed by atoms with E-state index in [1.807, 2.05) is 4.98 Å². The Kier molecular flexibility index (Phi) is 4.86. The van der Waals surface area contributed by atoms with Crippen molar-refractivity contribution in [3.8, 4) is 16.9 Å². The number of benzene rings is 1. The number of anilines is 1. The maximum atomic E-state index is 12.0. The van der Waals surface area contributed by atoms with Gasteiger partial charge in [-0.1, -0.05) is 11.6 Å². The molecule has 0 aliphatic rings. The molecule has 0 aliphatic heterocycles. The van der Waals surface area contributed by atoms with Gasteiger partial charge in [0, 0.05) is 5.56 Å². The third-order valence-corrected chi connectivity index (χ3v) is 4.03. The molecule has 0 aliphatic carbocycles. The number of aromatic carboxylic acids is 2. The van der Waals surface area contributed by atoms with Crippen molar-refractivity contribution in [3.05, 3.63) is 43.1 Å². The van der Waals surface area contributed by atoms with Crippen LogP contribution in [0.1, 0.15) is 20.7 Å². The summed E-state index contributed by atoms with van der Waals surface area (Å²) in [6, 6.07) is 2.68. The molecule has 0 radical (unpaired) electrons. The first-order valence-corrected chi connectivity index (χ1v) is 7.41. The van der Waals surface area contributed by atoms with Crippen LogP contribution in [0.3, 0.4) is 0 Å². The van der Waals surface area contributed by atoms with Crippen molar-refractivity contribution in [2.45, 2.75) is 0 Å². The van der Waals surface area contributed by atoms with Crippen molar-refractivity contribution in [2.24, 2.45) is 0 Å². The maximum absolute atomic E-state index is 12.0. The highest BCUT2D eigenvalue weighted by Gasteiger charge is 2.27. The molecule has 5 N–H and O–H groups in total. The fraction of sp³-hybridized carbons (Fsp3) is 0.0714. The number of nitrogens with two attached hydrogens (primary N) is 1. The number of hydrogen-bond donors (Lipinski definition) is 4. The lowest BCUT2D eigenvalue weighted by Gasteiger charge is -2.14. The first-order valence-electron chi connectivity index (χ1n) is 6.24. The van der Waals surface area contributed by atoms with Crippen LogP contribution in [0.15, 0.2) is 21.4 Å². The van der Waals surface area contributed by atoms with E-state index in [9.17, 15) is 24.6 Å². The Hall–Kier alpha value is -2.52. The highest BCUT2D eigenvalue weighted by atomic mass is 79.9. The van der Waals surface area contributed by atoms with E-state index in [1.54, 1.807) is 0 Å². The van der Waals surface area contributed by atoms with Gasteiger partial charge in [-0.15, -0.1) is 0 Å². The van der Waals surface area contributed by atoms with Gasteiger partial charge in [0.25, 0.3) is 5.56 Å². The summed E-state index contributed by atoms with van der Waals surface area (Å²) < 4.78 is 5.41. The van der Waals surface area contributed by atoms with Crippen molar-refractivity contribution in [1.82, 2.24) is 4.98 Å². The summed E-state index contributed by atoms with van der Waals surface area (Å²) in [7, 11) is 1.38. The fourth-order valence-corrected chi connectivity index (χ4v) is 3.27. The van der Waals surface area contributed by atoms with Crippen molar-refractivity contribution >= 4 is 45.3 Å². The number of carbonyl (C=O) groups is 2. The Labute approximate surface area is 148 Å². The summed E-state index contributed by atoms with van der Waals surface area (Å²) in [5.74, 6) is -3.29. The van der Waals surface area contributed by atoms with Crippen LogP contribution in [0.5, 0.6) is 5.75 Å². The predicted molar refractivity (Wildman–Crippen MR) is 90.1 cm³/mol. The number of H-pyrrole nitrogens is 1. The molecule has 0 saturated carbocycles. The Morgan fingerprint density at radius 1 is 1.25 bits per heavy atom. The predicted octanol–water partition coefficient (Wildman–Crippen LogP) is 2.45. The summed E-state index contributed by atoms with van der Waals surface area (Å²) in [5.41, 5.74) is 2.98. The van der Waals surface area contributed by atoms with Crippen LogP contribution < -0.4 is 16.0 Å². The molecular formula is C14H10BrClN2O6. The number of hydrogen-bond acceptors (Lipinski definition) is 5. The van der Waals surface area contributed by atoms with Gasteiger partial charge < -0.3 is 25.7 Å². The SMILES string of the molecule is COc1c(Cl)cc(-c2c(C(=O)O)c(N)[nH]c(=O)c2C(=O)O)cc1Br. The molecule has 10 heteroatoms. The van der Waals surface area contributed by atoms with Crippen LogP contribution in [0.25, 0.3) is 11.1 Å². The molecule has 24 heavy (non-hydrogen) atoms. The molecule has 0 amide bonds. The summed E-state index contributed by atoms with van der Waals surface area (Å²) in [5, 5.41) is 18.8. The zero-order chi connectivity index (χ0) is 18.2. The molecule has 0 bridgehead atoms. The average molecular weight is 418 g/mol. The Morgan fingerprint density at radius 2 is 1.83 bits per heavy atom. The lowest BCUT2D eigenvalue weighted by molar-refractivity contribution is 0.0695. The summed E-state index contributed by atoms with van der Waals surface area (Å²) in [6.07, 6.45) is 0. The van der Waals surface area contributed by atoms with E-state index in [1.165, 1.54) is 19.2 Å². The van der Waals surface area contributed by atoms with Gasteiger partial charge in [-0.05, 0) is 33.6 Å². The third kappa shape index (κ3) is 2.95. The van der Waals surface area contributed by atoms with Gasteiger partial charge >= 0.3 is 11.9 Å². The van der Waals surface area contributed by atoms with Crippen molar-refractivity contribution < 1.29 is 24.5 Å². The van der Waals surface area contributed by atoms with Crippen LogP contribution in [0.4, 0.5) is 5.82 Å². The number of methoxy groups -OCH3 is 1. The molecule has 0 spiro atoms. The monoisotopic (exact) mass is 416 g/mol. The number of carboxylic acid groups (broad SMARTS) is 2. The number of halogens is 2. The van der Waals surface area contributed by atoms with Gasteiger partial charge in [0.05, 0.1) is 16.6 Å². The molecule has 1 aromatic heterocycles. The number of nitrogens with one attached hydrogen (secondary N) is 1. The molecule has 2 aromatic rings. The number of rotatable bonds is 4. The zero-order valence-electron chi connectivity index (χ0n) is 12.0. The van der Waals surface area contributed by atoms with E-state index in [0.29, 0.717) is 4.47 Å². The summed E-state index contributed by atoms with van der Waals surface area (Å²) in [6.45, 7) is 0. The summed E-state index contributed by atoms with van der Waals surface area (Å²) >= 11 is 9.26. The minimum absolute atomic E-state index is 0.0836. The maximum Gasteiger partial charge on any atom is 0.342 e. The minimum atomic E-state index is -1.60. The van der Waals surface area contributed by atoms with Gasteiger partial charge in [-0.25, -0.2) is 9.59 Å². The number of aromatic nitrogens is 1. The van der Waals surface area contributed by atoms with E-state index >= 15 is 0 Å². The average Bonchev–Trinajstić information content (AvgIpc) is 2.44. The highest BCUT2D eigenvalue weighted by molar-refractivity contribution is 9.10. The molecule has 1 aromatic carbocycles. The number of ether oxygens (including phenoxy) is 1. The van der Waals surface area contributed by atoms with Crippen molar-refractivity contribution in [2.75, 3.05) is 12.8 Å². The third-order valence-electron chi connectivity index (χ3n) is 3.16. The smallest absolute Gasteiger partial charge is 0.342 e. The lowest BCUT2D eigenvalue weighted by Crippen LogP contribution is -2.24. The van der Waals surface area contributed by atoms with Gasteiger partial charge in [-0.3, -0.25) is 4.79 Å². The van der Waals surface area contributed by atoms with E-state index in [0.717, 1.165) is 0 Å². The van der Waals surface area contributed by atoms with Crippen molar-refractivity contribution in [3.63, 3.8) is 0 Å². The fourth-order valence-electron chi connectivity index (χ4n) is 2.23. The first kappa shape index (κ1) is 17.8. The quantitative estimate of drug-likeness (QED) is 0.598. The second-order valence-corrected chi connectivity index (χ2v) is 5.84. The summed E-state index contributed by atoms with van der Waals surface area (Å²) in [4.78, 5) is 37.0. The second-order valence-electron chi connectivity index (χ2n) is 4.58. The molecule has 126 valence electrons. The second kappa shape index (κ2) is 6.54. The molecule has 0 unspecified atom stereocenters. The molecular weight excluding hydrogens is 408 g/mol. The normalized spacial score (nSPS) is 10.5. The number of aromatic amines is 1. The first-order chi connectivity index (χ1) is 11.2. The molecule has 0 fully saturated rings. The lowest BCUT2D eigenvalue weighted by atomic mass is 9.95. The van der Waals surface area contributed by atoms with Crippen LogP contribution >= 0.6 is 27.5 Å². The minimum Gasteiger partial charge on any atom is -0.494 e. The van der Waals surface area contributed by atoms with Gasteiger partial charge in [0.15, 0.2) is 5.75 Å². The van der Waals surface area contributed by atoms with Gasteiger partial charge in [0.2, 0.25) is 0 Å². The Morgan fingerprint density at radius 3 is 2.29 bits per heavy atom. The number of nitrogen functional groups attached to an aromatic ring is 1. The number of carboxylic acids is 2. The molecule has 1 heterocycles. The molecule has 2 rings (SSSR count). The Balaban J connectivity index is 3.00. The van der Waals surface area contributed by atoms with Gasteiger partial charge in [0.1, 0.15) is 16.9 Å². The van der Waals surface area contributed by atoms with Crippen LogP contribution in [0.2, 0.25) is 5.02 Å². The Bertz CT molecular complexity index is 901. The largest absolute Gasteiger partial charge is 0.494 e. The number of pyridine rings is 1. The van der Waals surface area contributed by atoms with Crippen LogP contribution in [-0.2, 0) is 0 Å². The molecule has 0 saturated heterocycles. The van der Waals surface area contributed by atoms with E-state index in [-0.39, 0.29) is 21.9 Å². The van der Waals surface area contributed by atoms with Gasteiger partial charge in [-0.2, -0.15) is 0 Å². The standard InChI is InChI=1S/C14H10BrClN2O6/c1-24-10-5(15)2-4(3-6(10)16)7-8(13(20)21)11(17)18-12(19)9(7)14(22)23/h2-3H,1H3,(H,20,21)(H,22,23)(H3,17,18,19). The van der Waals surface area contributed by atoms with Crippen LogP contribution in [-0.4, -0.2) is 34.2 Å². The molecule has 8 nitrogen and oxygen atoms in total. The van der Waals surface area contributed by atoms with E-state index in [4.69, 9.17) is 22.1 Å². The highest BCUT2D eigenvalue weighted by Crippen LogP contribution is 2.39.